The van der Waals surface area contributed by atoms with Crippen LogP contribution in [0.2, 0.25) is 0 Å². The lowest BCUT2D eigenvalue weighted by Gasteiger charge is -2.48. The number of nitro groups is 1. The monoisotopic (exact) mass is 612 g/mol. The molecule has 45 heavy (non-hydrogen) atoms. The predicted molar refractivity (Wildman–Crippen MR) is 167 cm³/mol. The zero-order valence-electron chi connectivity index (χ0n) is 24.9. The first-order valence-electron chi connectivity index (χ1n) is 14.7. The van der Waals surface area contributed by atoms with Crippen molar-refractivity contribution in [2.75, 3.05) is 11.5 Å². The standard InChI is InChI=1S/C35H36N2O8/c1-25(38)36(29-17-19-30(20-18-29)37(40)41)32-34(44-23-28-15-9-4-10-16-28)33(43-22-27-13-7-3-8-14-27)31(45-35(32)39)24-42-21-26-11-5-2-6-12-26/h2-20,31-35,39H,21-24H2,1H3/t31-,32-,33-,34-,35-/m1/s1. The normalized spacial score (nSPS) is 21.2. The van der Waals surface area contributed by atoms with Gasteiger partial charge in [0.15, 0.2) is 6.29 Å². The Hall–Kier alpha value is -4.45. The molecule has 0 unspecified atom stereocenters. The van der Waals surface area contributed by atoms with E-state index in [2.05, 4.69) is 0 Å². The lowest BCUT2D eigenvalue weighted by Crippen LogP contribution is -2.66. The van der Waals surface area contributed by atoms with Gasteiger partial charge in [-0.2, -0.15) is 0 Å². The van der Waals surface area contributed by atoms with E-state index in [1.807, 2.05) is 91.0 Å². The molecule has 4 aromatic rings. The van der Waals surface area contributed by atoms with Crippen molar-refractivity contribution < 1.29 is 33.8 Å². The van der Waals surface area contributed by atoms with E-state index in [4.69, 9.17) is 18.9 Å². The van der Waals surface area contributed by atoms with E-state index in [-0.39, 0.29) is 25.5 Å². The first-order chi connectivity index (χ1) is 21.9. The Bertz CT molecular complexity index is 1510. The number of aliphatic hydroxyl groups is 1. The number of non-ortho nitro benzene ring substituents is 1. The fourth-order valence-electron chi connectivity index (χ4n) is 5.41. The van der Waals surface area contributed by atoms with E-state index < -0.39 is 41.5 Å². The van der Waals surface area contributed by atoms with Crippen LogP contribution in [0.3, 0.4) is 0 Å². The Kier molecular flexibility index (Phi) is 11.0. The molecule has 0 radical (unpaired) electrons. The minimum Gasteiger partial charge on any atom is -0.374 e. The molecule has 5 rings (SSSR count). The first-order valence-corrected chi connectivity index (χ1v) is 14.7. The van der Waals surface area contributed by atoms with Crippen molar-refractivity contribution in [3.63, 3.8) is 0 Å². The van der Waals surface area contributed by atoms with Gasteiger partial charge >= 0.3 is 0 Å². The van der Waals surface area contributed by atoms with Crippen LogP contribution >= 0.6 is 0 Å². The molecule has 0 spiro atoms. The fourth-order valence-corrected chi connectivity index (χ4v) is 5.41. The molecular weight excluding hydrogens is 576 g/mol. The molecule has 1 amide bonds. The summed E-state index contributed by atoms with van der Waals surface area (Å²) in [5.74, 6) is -0.412. The quantitative estimate of drug-likeness (QED) is 0.157. The van der Waals surface area contributed by atoms with Crippen molar-refractivity contribution in [3.8, 4) is 0 Å². The predicted octanol–water partition coefficient (Wildman–Crippen LogP) is 5.42. The van der Waals surface area contributed by atoms with E-state index >= 15 is 0 Å². The summed E-state index contributed by atoms with van der Waals surface area (Å²) >= 11 is 0. The molecule has 10 nitrogen and oxygen atoms in total. The van der Waals surface area contributed by atoms with Gasteiger partial charge in [0.25, 0.3) is 5.69 Å². The largest absolute Gasteiger partial charge is 0.374 e. The zero-order valence-corrected chi connectivity index (χ0v) is 24.9. The summed E-state index contributed by atoms with van der Waals surface area (Å²) in [6.07, 6.45) is -3.91. The zero-order chi connectivity index (χ0) is 31.6. The summed E-state index contributed by atoms with van der Waals surface area (Å²) in [5, 5.41) is 22.8. The molecule has 0 bridgehead atoms. The molecule has 0 saturated carbocycles. The van der Waals surface area contributed by atoms with Crippen LogP contribution in [0.4, 0.5) is 11.4 Å². The lowest BCUT2D eigenvalue weighted by atomic mass is 9.94. The van der Waals surface area contributed by atoms with Crippen molar-refractivity contribution in [2.24, 2.45) is 0 Å². The van der Waals surface area contributed by atoms with Gasteiger partial charge < -0.3 is 29.0 Å². The minimum atomic E-state index is -1.49. The summed E-state index contributed by atoms with van der Waals surface area (Å²) in [5.41, 5.74) is 3.01. The number of hydrogen-bond acceptors (Lipinski definition) is 8. The third-order valence-corrected chi connectivity index (χ3v) is 7.57. The number of nitro benzene ring substituents is 1. The van der Waals surface area contributed by atoms with Gasteiger partial charge in [0.05, 0.1) is 31.4 Å². The molecule has 5 atom stereocenters. The number of benzene rings is 4. The van der Waals surface area contributed by atoms with E-state index in [1.54, 1.807) is 0 Å². The van der Waals surface area contributed by atoms with Gasteiger partial charge in [0.1, 0.15) is 24.4 Å². The minimum absolute atomic E-state index is 0.0843. The maximum atomic E-state index is 13.2. The number of hydrogen-bond donors (Lipinski definition) is 1. The molecule has 234 valence electrons. The number of rotatable bonds is 13. The summed E-state index contributed by atoms with van der Waals surface area (Å²) in [7, 11) is 0. The third kappa shape index (κ3) is 8.39. The molecule has 0 aromatic heterocycles. The highest BCUT2D eigenvalue weighted by Gasteiger charge is 2.50. The third-order valence-electron chi connectivity index (χ3n) is 7.57. The molecule has 1 fully saturated rings. The van der Waals surface area contributed by atoms with Crippen LogP contribution in [0.1, 0.15) is 23.6 Å². The number of ether oxygens (including phenoxy) is 4. The maximum absolute atomic E-state index is 13.2. The summed E-state index contributed by atoms with van der Waals surface area (Å²) in [4.78, 5) is 25.4. The lowest BCUT2D eigenvalue weighted by molar-refractivity contribution is -0.384. The van der Waals surface area contributed by atoms with Crippen molar-refractivity contribution in [1.29, 1.82) is 0 Å². The first kappa shape index (κ1) is 32.0. The van der Waals surface area contributed by atoms with Gasteiger partial charge in [-0.15, -0.1) is 0 Å². The van der Waals surface area contributed by atoms with Gasteiger partial charge in [-0.1, -0.05) is 91.0 Å². The van der Waals surface area contributed by atoms with Crippen molar-refractivity contribution >= 4 is 17.3 Å². The van der Waals surface area contributed by atoms with Crippen LogP contribution in [-0.4, -0.2) is 53.2 Å². The number of anilines is 1. The average molecular weight is 613 g/mol. The molecule has 0 aliphatic carbocycles. The van der Waals surface area contributed by atoms with E-state index in [9.17, 15) is 20.0 Å². The summed E-state index contributed by atoms with van der Waals surface area (Å²) < 4.78 is 25.3. The van der Waals surface area contributed by atoms with Crippen LogP contribution in [0, 0.1) is 10.1 Å². The second-order valence-corrected chi connectivity index (χ2v) is 10.7. The molecule has 1 heterocycles. The topological polar surface area (TPSA) is 121 Å². The fraction of sp³-hybridized carbons (Fsp3) is 0.286. The highest BCUT2D eigenvalue weighted by Crippen LogP contribution is 2.34. The second kappa shape index (κ2) is 15.5. The van der Waals surface area contributed by atoms with Crippen LogP contribution in [0.25, 0.3) is 0 Å². The van der Waals surface area contributed by atoms with Crippen LogP contribution < -0.4 is 4.90 Å². The Morgan fingerprint density at radius 1 is 0.778 bits per heavy atom. The van der Waals surface area contributed by atoms with E-state index in [0.717, 1.165) is 16.7 Å². The van der Waals surface area contributed by atoms with Crippen LogP contribution in [0.5, 0.6) is 0 Å². The Morgan fingerprint density at radius 3 is 1.76 bits per heavy atom. The highest BCUT2D eigenvalue weighted by atomic mass is 16.7. The van der Waals surface area contributed by atoms with Gasteiger partial charge in [-0.05, 0) is 28.8 Å². The van der Waals surface area contributed by atoms with Gasteiger partial charge in [-0.25, -0.2) is 0 Å². The average Bonchev–Trinajstić information content (AvgIpc) is 3.06. The van der Waals surface area contributed by atoms with Crippen LogP contribution in [-0.2, 0) is 43.6 Å². The molecule has 1 N–H and O–H groups in total. The molecule has 1 aliphatic heterocycles. The highest BCUT2D eigenvalue weighted by molar-refractivity contribution is 5.92. The number of nitrogens with zero attached hydrogens (tertiary/aromatic N) is 2. The maximum Gasteiger partial charge on any atom is 0.269 e. The molecule has 1 aliphatic rings. The van der Waals surface area contributed by atoms with E-state index in [1.165, 1.54) is 36.1 Å². The molecular formula is C35H36N2O8. The van der Waals surface area contributed by atoms with Gasteiger partial charge in [0.2, 0.25) is 5.91 Å². The Morgan fingerprint density at radius 2 is 1.27 bits per heavy atom. The molecule has 10 heteroatoms. The number of carbonyl (C=O) groups is 1. The van der Waals surface area contributed by atoms with Crippen LogP contribution in [0.15, 0.2) is 115 Å². The number of aliphatic hydroxyl groups excluding tert-OH is 1. The summed E-state index contributed by atoms with van der Waals surface area (Å²) in [6.45, 7) is 2.15. The molecule has 1 saturated heterocycles. The van der Waals surface area contributed by atoms with Gasteiger partial charge in [-0.3, -0.25) is 14.9 Å². The van der Waals surface area contributed by atoms with Gasteiger partial charge in [0, 0.05) is 24.7 Å². The Labute approximate surface area is 261 Å². The Balaban J connectivity index is 1.48. The van der Waals surface area contributed by atoms with Crippen molar-refractivity contribution in [3.05, 3.63) is 142 Å². The number of amides is 1. The van der Waals surface area contributed by atoms with E-state index in [0.29, 0.717) is 12.3 Å². The van der Waals surface area contributed by atoms with Crippen molar-refractivity contribution in [2.45, 2.75) is 57.4 Å². The SMILES string of the molecule is CC(=O)N(c1ccc([N+](=O)[O-])cc1)[C@@H]1[C@@H](OCc2ccccc2)[C@H](OCc2ccccc2)[C@@H](COCc2ccccc2)O[C@H]1O. The summed E-state index contributed by atoms with van der Waals surface area (Å²) in [6, 6.07) is 33.4. The number of carbonyl (C=O) groups excluding carboxylic acids is 1. The van der Waals surface area contributed by atoms with Crippen molar-refractivity contribution in [1.82, 2.24) is 0 Å². The smallest absolute Gasteiger partial charge is 0.269 e. The molecule has 4 aromatic carbocycles. The second-order valence-electron chi connectivity index (χ2n) is 10.7.